The minimum absolute atomic E-state index is 0.00408. The summed E-state index contributed by atoms with van der Waals surface area (Å²) in [5, 5.41) is 10.1. The Bertz CT molecular complexity index is 1670. The molecule has 3 saturated heterocycles. The fraction of sp³-hybridized carbons (Fsp3) is 0.452. The fourth-order valence-corrected chi connectivity index (χ4v) is 9.48. The summed E-state index contributed by atoms with van der Waals surface area (Å²) in [6, 6.07) is 10.4. The summed E-state index contributed by atoms with van der Waals surface area (Å²) < 4.78 is 48.3. The van der Waals surface area contributed by atoms with Crippen molar-refractivity contribution in [3.8, 4) is 10.4 Å². The quantitative estimate of drug-likeness (QED) is 0.398. The Morgan fingerprint density at radius 3 is 2.48 bits per heavy atom. The van der Waals surface area contributed by atoms with Crippen LogP contribution in [-0.2, 0) is 19.6 Å². The van der Waals surface area contributed by atoms with Gasteiger partial charge < -0.3 is 19.6 Å². The first-order valence-electron chi connectivity index (χ1n) is 15.0. The van der Waals surface area contributed by atoms with Gasteiger partial charge >= 0.3 is 5.97 Å². The van der Waals surface area contributed by atoms with Crippen molar-refractivity contribution in [3.63, 3.8) is 0 Å². The summed E-state index contributed by atoms with van der Waals surface area (Å²) in [6.45, 7) is 1.00. The lowest BCUT2D eigenvalue weighted by molar-refractivity contribution is -0.121. The maximum atomic E-state index is 14.0. The van der Waals surface area contributed by atoms with Crippen LogP contribution in [-0.4, -0.2) is 79.1 Å². The van der Waals surface area contributed by atoms with Crippen molar-refractivity contribution < 1.29 is 32.2 Å². The average molecular weight is 641 g/mol. The van der Waals surface area contributed by atoms with E-state index < -0.39 is 40.3 Å². The van der Waals surface area contributed by atoms with Gasteiger partial charge in [0.2, 0.25) is 15.9 Å². The molecule has 3 unspecified atom stereocenters. The molecule has 1 aliphatic carbocycles. The molecule has 5 heterocycles. The van der Waals surface area contributed by atoms with Gasteiger partial charge in [-0.2, -0.15) is 4.31 Å². The number of fused-ring (bicyclic) bond motifs is 2. The molecule has 2 bridgehead atoms. The molecule has 3 aromatic rings. The number of carbonyl (C=O) groups is 2. The summed E-state index contributed by atoms with van der Waals surface area (Å²) >= 11 is 1.02. The molecule has 1 saturated carbocycles. The number of aromatic nitrogens is 1. The molecule has 4 aliphatic rings. The van der Waals surface area contributed by atoms with Crippen LogP contribution >= 0.6 is 11.3 Å². The Labute approximate surface area is 259 Å². The Morgan fingerprint density at radius 2 is 1.84 bits per heavy atom. The first-order chi connectivity index (χ1) is 21.2. The van der Waals surface area contributed by atoms with Crippen molar-refractivity contribution in [1.29, 1.82) is 0 Å². The van der Waals surface area contributed by atoms with Crippen LogP contribution in [0.2, 0.25) is 0 Å². The molecule has 1 amide bonds. The number of sulfonamides is 1. The van der Waals surface area contributed by atoms with Crippen molar-refractivity contribution in [2.75, 3.05) is 36.0 Å². The second-order valence-electron chi connectivity index (χ2n) is 12.0. The fourth-order valence-electron chi connectivity index (χ4n) is 7.14. The Morgan fingerprint density at radius 1 is 1.07 bits per heavy atom. The molecular formula is C31H33FN4O6S2. The van der Waals surface area contributed by atoms with Crippen LogP contribution in [0.4, 0.5) is 15.9 Å². The zero-order valence-electron chi connectivity index (χ0n) is 24.0. The Balaban J connectivity index is 1.20. The molecule has 7 rings (SSSR count). The highest BCUT2D eigenvalue weighted by atomic mass is 32.2. The van der Waals surface area contributed by atoms with Gasteiger partial charge in [-0.3, -0.25) is 4.79 Å². The minimum atomic E-state index is -4.06. The van der Waals surface area contributed by atoms with E-state index in [0.717, 1.165) is 56.4 Å². The zero-order chi connectivity index (χ0) is 30.6. The third-order valence-corrected chi connectivity index (χ3v) is 12.3. The number of morpholine rings is 1. The molecular weight excluding hydrogens is 607 g/mol. The highest BCUT2D eigenvalue weighted by Gasteiger charge is 2.45. The predicted molar refractivity (Wildman–Crippen MR) is 163 cm³/mol. The number of nitrogens with zero attached hydrogens (tertiary/aromatic N) is 4. The van der Waals surface area contributed by atoms with Crippen LogP contribution in [0.3, 0.4) is 0 Å². The molecule has 232 valence electrons. The van der Waals surface area contributed by atoms with Crippen molar-refractivity contribution in [3.05, 3.63) is 59.4 Å². The number of aromatic carboxylic acids is 1. The molecule has 3 atom stereocenters. The van der Waals surface area contributed by atoms with Crippen LogP contribution in [0, 0.1) is 11.7 Å². The van der Waals surface area contributed by atoms with Crippen molar-refractivity contribution >= 4 is 44.7 Å². The van der Waals surface area contributed by atoms with E-state index in [1.165, 1.54) is 27.5 Å². The summed E-state index contributed by atoms with van der Waals surface area (Å²) in [5.41, 5.74) is 0.896. The van der Waals surface area contributed by atoms with Gasteiger partial charge in [0.05, 0.1) is 37.0 Å². The lowest BCUT2D eigenvalue weighted by atomic mass is 9.82. The van der Waals surface area contributed by atoms with Crippen LogP contribution in [0.15, 0.2) is 53.6 Å². The van der Waals surface area contributed by atoms with E-state index in [0.29, 0.717) is 22.9 Å². The molecule has 13 heteroatoms. The second-order valence-corrected chi connectivity index (χ2v) is 15.0. The lowest BCUT2D eigenvalue weighted by Crippen LogP contribution is -2.60. The predicted octanol–water partition coefficient (Wildman–Crippen LogP) is 4.61. The summed E-state index contributed by atoms with van der Waals surface area (Å²) in [7, 11) is -4.06. The largest absolute Gasteiger partial charge is 0.477 e. The number of ether oxygens (including phenoxy) is 1. The molecule has 1 aromatic carbocycles. The van der Waals surface area contributed by atoms with E-state index in [-0.39, 0.29) is 40.1 Å². The van der Waals surface area contributed by atoms with Gasteiger partial charge in [0.15, 0.2) is 0 Å². The summed E-state index contributed by atoms with van der Waals surface area (Å²) in [4.78, 5) is 35.1. The topological polar surface area (TPSA) is 120 Å². The first-order valence-corrected chi connectivity index (χ1v) is 17.2. The van der Waals surface area contributed by atoms with Gasteiger partial charge in [0.25, 0.3) is 0 Å². The summed E-state index contributed by atoms with van der Waals surface area (Å²) in [6.07, 6.45) is 7.10. The van der Waals surface area contributed by atoms with Gasteiger partial charge in [-0.05, 0) is 61.1 Å². The standard InChI is InChI=1S/C31H33FN4O6S2/c32-21-8-6-20(7-9-21)27-13-25(30(43-27)31(38)39)36-26(19-4-2-1-3-5-19)16-34(17-29(36)37)44(40,41)24-10-11-28(33-14-24)35-15-23-12-22(35)18-42-23/h6-11,13-14,19,22-23,26H,1-5,12,15-18H2,(H,38,39). The molecule has 10 nitrogen and oxygen atoms in total. The van der Waals surface area contributed by atoms with Gasteiger partial charge in [0.1, 0.15) is 21.4 Å². The van der Waals surface area contributed by atoms with Gasteiger partial charge in [0, 0.05) is 24.2 Å². The second kappa shape index (κ2) is 11.5. The van der Waals surface area contributed by atoms with E-state index in [2.05, 4.69) is 9.88 Å². The molecule has 0 spiro atoms. The van der Waals surface area contributed by atoms with Crippen molar-refractivity contribution in [1.82, 2.24) is 9.29 Å². The van der Waals surface area contributed by atoms with Gasteiger partial charge in [-0.15, -0.1) is 11.3 Å². The number of pyridine rings is 1. The smallest absolute Gasteiger partial charge is 0.348 e. The normalized spacial score (nSPS) is 24.8. The highest BCUT2D eigenvalue weighted by Crippen LogP contribution is 2.42. The zero-order valence-corrected chi connectivity index (χ0v) is 25.6. The van der Waals surface area contributed by atoms with E-state index >= 15 is 0 Å². The van der Waals surface area contributed by atoms with Gasteiger partial charge in [-0.1, -0.05) is 31.4 Å². The first kappa shape index (κ1) is 29.3. The van der Waals surface area contributed by atoms with Crippen LogP contribution in [0.25, 0.3) is 10.4 Å². The molecule has 0 radical (unpaired) electrons. The maximum Gasteiger partial charge on any atom is 0.348 e. The number of anilines is 2. The number of amides is 1. The molecule has 2 aromatic heterocycles. The van der Waals surface area contributed by atoms with Gasteiger partial charge in [-0.25, -0.2) is 22.6 Å². The molecule has 44 heavy (non-hydrogen) atoms. The molecule has 1 N–H and O–H groups in total. The van der Waals surface area contributed by atoms with Crippen LogP contribution < -0.4 is 9.80 Å². The summed E-state index contributed by atoms with van der Waals surface area (Å²) in [5.74, 6) is -1.34. The number of thiophene rings is 1. The number of carboxylic acid groups (broad SMARTS) is 1. The molecule has 3 aliphatic heterocycles. The van der Waals surface area contributed by atoms with Crippen molar-refractivity contribution in [2.24, 2.45) is 5.92 Å². The van der Waals surface area contributed by atoms with E-state index in [1.807, 2.05) is 0 Å². The third-order valence-electron chi connectivity index (χ3n) is 9.34. The molecule has 4 fully saturated rings. The van der Waals surface area contributed by atoms with Crippen LogP contribution in [0.1, 0.15) is 48.2 Å². The number of rotatable bonds is 7. The highest BCUT2D eigenvalue weighted by molar-refractivity contribution is 7.89. The monoisotopic (exact) mass is 640 g/mol. The number of hydrogen-bond acceptors (Lipinski definition) is 8. The van der Waals surface area contributed by atoms with Crippen LogP contribution in [0.5, 0.6) is 0 Å². The lowest BCUT2D eigenvalue weighted by Gasteiger charge is -2.44. The number of piperazine rings is 1. The SMILES string of the molecule is O=C(O)c1sc(-c2ccc(F)cc2)cc1N1C(=O)CN(S(=O)(=O)c2ccc(N3CC4CC3CO4)nc2)CC1C1CCCCC1. The number of halogens is 1. The number of carbonyl (C=O) groups excluding carboxylic acids is 1. The number of benzene rings is 1. The third kappa shape index (κ3) is 5.29. The Hall–Kier alpha value is -3.39. The Kier molecular flexibility index (Phi) is 7.68. The average Bonchev–Trinajstić information content (AvgIpc) is 3.78. The van der Waals surface area contributed by atoms with E-state index in [1.54, 1.807) is 30.3 Å². The minimum Gasteiger partial charge on any atom is -0.477 e. The van der Waals surface area contributed by atoms with Crippen molar-refractivity contribution in [2.45, 2.75) is 61.6 Å². The number of carboxylic acids is 1. The van der Waals surface area contributed by atoms with E-state index in [4.69, 9.17) is 4.74 Å². The van der Waals surface area contributed by atoms with E-state index in [9.17, 15) is 27.5 Å². The maximum absolute atomic E-state index is 14.0. The number of hydrogen-bond donors (Lipinski definition) is 1.